The highest BCUT2D eigenvalue weighted by Gasteiger charge is 2.13. The van der Waals surface area contributed by atoms with Gasteiger partial charge < -0.3 is 15.2 Å². The van der Waals surface area contributed by atoms with Crippen molar-refractivity contribution < 1.29 is 9.47 Å². The zero-order chi connectivity index (χ0) is 18.6. The summed E-state index contributed by atoms with van der Waals surface area (Å²) in [7, 11) is -1.10. The largest absolute Gasteiger partial charge is 0.458 e. The molecule has 26 heavy (non-hydrogen) atoms. The van der Waals surface area contributed by atoms with Gasteiger partial charge in [0, 0.05) is 33.3 Å². The van der Waals surface area contributed by atoms with Crippen molar-refractivity contribution in [2.75, 3.05) is 12.3 Å². The van der Waals surface area contributed by atoms with Crippen LogP contribution in [-0.2, 0) is 18.1 Å². The molecular weight excluding hydrogens is 348 g/mol. The van der Waals surface area contributed by atoms with E-state index < -0.39 is 8.07 Å². The second-order valence-corrected chi connectivity index (χ2v) is 12.9. The van der Waals surface area contributed by atoms with E-state index in [2.05, 4.69) is 39.7 Å². The first kappa shape index (κ1) is 18.3. The minimum atomic E-state index is -1.10. The van der Waals surface area contributed by atoms with Crippen LogP contribution in [0.1, 0.15) is 5.56 Å². The molecular formula is C17H24N6O2Si. The summed E-state index contributed by atoms with van der Waals surface area (Å²) in [6, 6.07) is 5.06. The van der Waals surface area contributed by atoms with Gasteiger partial charge in [-0.05, 0) is 23.7 Å². The summed E-state index contributed by atoms with van der Waals surface area (Å²) in [6.07, 6.45) is 5.22. The predicted molar refractivity (Wildman–Crippen MR) is 102 cm³/mol. The molecule has 0 saturated carbocycles. The maximum absolute atomic E-state index is 6.02. The molecule has 0 aliphatic rings. The Morgan fingerprint density at radius 3 is 2.65 bits per heavy atom. The van der Waals surface area contributed by atoms with E-state index >= 15 is 0 Å². The Bertz CT molecular complexity index is 863. The Labute approximate surface area is 153 Å². The van der Waals surface area contributed by atoms with E-state index in [-0.39, 0.29) is 6.01 Å². The molecule has 0 fully saturated rings. The highest BCUT2D eigenvalue weighted by Crippen LogP contribution is 2.20. The third-order valence-corrected chi connectivity index (χ3v) is 5.48. The van der Waals surface area contributed by atoms with Gasteiger partial charge in [-0.2, -0.15) is 9.97 Å². The minimum Gasteiger partial charge on any atom is -0.458 e. The van der Waals surface area contributed by atoms with E-state index in [0.29, 0.717) is 30.2 Å². The zero-order valence-corrected chi connectivity index (χ0v) is 16.3. The first-order chi connectivity index (χ1) is 12.4. The Hall–Kier alpha value is -2.52. The molecule has 0 atom stereocenters. The number of pyridine rings is 1. The van der Waals surface area contributed by atoms with Crippen molar-refractivity contribution in [3.63, 3.8) is 0 Å². The summed E-state index contributed by atoms with van der Waals surface area (Å²) in [5.74, 6) is 0.341. The lowest BCUT2D eigenvalue weighted by atomic mass is 10.3. The lowest BCUT2D eigenvalue weighted by Crippen LogP contribution is -2.22. The number of aromatic nitrogens is 5. The number of anilines is 1. The number of ether oxygens (including phenoxy) is 2. The molecule has 0 spiro atoms. The fraction of sp³-hybridized carbons (Fsp3) is 0.412. The quantitative estimate of drug-likeness (QED) is 0.479. The van der Waals surface area contributed by atoms with Crippen LogP contribution >= 0.6 is 0 Å². The van der Waals surface area contributed by atoms with E-state index in [9.17, 15) is 0 Å². The van der Waals surface area contributed by atoms with Crippen molar-refractivity contribution in [1.82, 2.24) is 24.7 Å². The van der Waals surface area contributed by atoms with E-state index in [0.717, 1.165) is 18.2 Å². The van der Waals surface area contributed by atoms with Gasteiger partial charge in [0.1, 0.15) is 19.2 Å². The predicted octanol–water partition coefficient (Wildman–Crippen LogP) is 2.69. The fourth-order valence-corrected chi connectivity index (χ4v) is 3.00. The molecule has 0 bridgehead atoms. The van der Waals surface area contributed by atoms with E-state index in [4.69, 9.17) is 15.2 Å². The van der Waals surface area contributed by atoms with Crippen LogP contribution in [0.3, 0.4) is 0 Å². The highest BCUT2D eigenvalue weighted by atomic mass is 28.3. The van der Waals surface area contributed by atoms with E-state index in [1.165, 1.54) is 0 Å². The van der Waals surface area contributed by atoms with Crippen molar-refractivity contribution in [3.8, 4) is 6.01 Å². The molecule has 8 nitrogen and oxygen atoms in total. The molecule has 3 aromatic rings. The van der Waals surface area contributed by atoms with E-state index in [1.54, 1.807) is 23.3 Å². The molecule has 0 aliphatic heterocycles. The van der Waals surface area contributed by atoms with Gasteiger partial charge in [-0.1, -0.05) is 19.6 Å². The van der Waals surface area contributed by atoms with Crippen LogP contribution < -0.4 is 10.5 Å². The molecule has 0 aromatic carbocycles. The molecule has 0 amide bonds. The maximum atomic E-state index is 6.02. The second-order valence-electron chi connectivity index (χ2n) is 7.29. The Morgan fingerprint density at radius 2 is 1.92 bits per heavy atom. The summed E-state index contributed by atoms with van der Waals surface area (Å²) in [5, 5.41) is 5.09. The van der Waals surface area contributed by atoms with Gasteiger partial charge in [-0.15, -0.1) is 5.10 Å². The van der Waals surface area contributed by atoms with Crippen LogP contribution in [0.4, 0.5) is 5.82 Å². The van der Waals surface area contributed by atoms with Crippen LogP contribution in [0.2, 0.25) is 25.7 Å². The maximum Gasteiger partial charge on any atom is 0.320 e. The average Bonchev–Trinajstić information content (AvgIpc) is 3.01. The van der Waals surface area contributed by atoms with Crippen molar-refractivity contribution in [2.24, 2.45) is 0 Å². The van der Waals surface area contributed by atoms with Gasteiger partial charge in [-0.25, -0.2) is 4.68 Å². The normalized spacial score (nSPS) is 11.8. The molecule has 0 radical (unpaired) electrons. The number of hydrogen-bond acceptors (Lipinski definition) is 7. The minimum absolute atomic E-state index is 0.205. The molecule has 9 heteroatoms. The van der Waals surface area contributed by atoms with Crippen LogP contribution in [0.15, 0.2) is 30.7 Å². The van der Waals surface area contributed by atoms with Gasteiger partial charge in [0.25, 0.3) is 0 Å². The molecule has 3 rings (SSSR count). The van der Waals surface area contributed by atoms with E-state index in [1.807, 2.05) is 12.1 Å². The van der Waals surface area contributed by atoms with Crippen LogP contribution in [-0.4, -0.2) is 39.4 Å². The summed E-state index contributed by atoms with van der Waals surface area (Å²) in [6.45, 7) is 8.40. The molecule has 0 saturated heterocycles. The topological polar surface area (TPSA) is 101 Å². The number of rotatable bonds is 8. The van der Waals surface area contributed by atoms with Gasteiger partial charge >= 0.3 is 6.01 Å². The third kappa shape index (κ3) is 4.99. The molecule has 138 valence electrons. The molecule has 0 unspecified atom stereocenters. The lowest BCUT2D eigenvalue weighted by molar-refractivity contribution is 0.0790. The van der Waals surface area contributed by atoms with Crippen molar-refractivity contribution >= 4 is 24.9 Å². The Kier molecular flexibility index (Phi) is 5.48. The number of fused-ring (bicyclic) bond motifs is 1. The third-order valence-electron chi connectivity index (χ3n) is 3.77. The zero-order valence-electron chi connectivity index (χ0n) is 15.3. The molecule has 2 N–H and O–H groups in total. The standard InChI is InChI=1S/C17H24N6O2Si/c1-26(2,3)9-8-24-12-23-10-14-15(18)20-17(21-16(14)22-23)25-11-13-4-6-19-7-5-13/h4-7,10H,8-9,11-12H2,1-3H3,(H2,18,20,21,22). The smallest absolute Gasteiger partial charge is 0.320 e. The number of nitrogen functional groups attached to an aromatic ring is 1. The fourth-order valence-electron chi connectivity index (χ4n) is 2.25. The number of nitrogens with zero attached hydrogens (tertiary/aromatic N) is 5. The number of hydrogen-bond donors (Lipinski definition) is 1. The van der Waals surface area contributed by atoms with Crippen LogP contribution in [0.25, 0.3) is 11.0 Å². The van der Waals surface area contributed by atoms with Crippen LogP contribution in [0, 0.1) is 0 Å². The van der Waals surface area contributed by atoms with Gasteiger partial charge in [0.2, 0.25) is 0 Å². The SMILES string of the molecule is C[Si](C)(C)CCOCn1cc2c(N)nc(OCc3ccncc3)nc2n1. The molecule has 0 aliphatic carbocycles. The monoisotopic (exact) mass is 372 g/mol. The summed E-state index contributed by atoms with van der Waals surface area (Å²) in [4.78, 5) is 12.5. The highest BCUT2D eigenvalue weighted by molar-refractivity contribution is 6.76. The van der Waals surface area contributed by atoms with Crippen LogP contribution in [0.5, 0.6) is 6.01 Å². The Morgan fingerprint density at radius 1 is 1.15 bits per heavy atom. The Balaban J connectivity index is 1.64. The van der Waals surface area contributed by atoms with Crippen molar-refractivity contribution in [1.29, 1.82) is 0 Å². The molecule has 3 aromatic heterocycles. The number of nitrogens with two attached hydrogens (primary N) is 1. The lowest BCUT2D eigenvalue weighted by Gasteiger charge is -2.15. The summed E-state index contributed by atoms with van der Waals surface area (Å²) >= 11 is 0. The average molecular weight is 373 g/mol. The summed E-state index contributed by atoms with van der Waals surface area (Å²) in [5.41, 5.74) is 7.49. The van der Waals surface area contributed by atoms with Crippen molar-refractivity contribution in [3.05, 3.63) is 36.3 Å². The molecule has 3 heterocycles. The first-order valence-corrected chi connectivity index (χ1v) is 12.2. The first-order valence-electron chi connectivity index (χ1n) is 8.51. The van der Waals surface area contributed by atoms with Gasteiger partial charge in [0.05, 0.1) is 5.39 Å². The van der Waals surface area contributed by atoms with Crippen molar-refractivity contribution in [2.45, 2.75) is 39.0 Å². The van der Waals surface area contributed by atoms with Gasteiger partial charge in [0.15, 0.2) is 5.65 Å². The van der Waals surface area contributed by atoms with Gasteiger partial charge in [-0.3, -0.25) is 4.98 Å². The summed E-state index contributed by atoms with van der Waals surface area (Å²) < 4.78 is 13.0. The second kappa shape index (κ2) is 7.79.